The van der Waals surface area contributed by atoms with Crippen LogP contribution in [0.15, 0.2) is 28.8 Å². The van der Waals surface area contributed by atoms with E-state index in [-0.39, 0.29) is 0 Å². The number of oxazole rings is 1. The molecule has 0 saturated carbocycles. The van der Waals surface area contributed by atoms with E-state index in [4.69, 9.17) is 10.2 Å². The molecular weight excluding hydrogens is 228 g/mol. The average Bonchev–Trinajstić information content (AvgIpc) is 2.93. The molecule has 0 saturated heterocycles. The maximum Gasteiger partial charge on any atom is 0.192 e. The van der Waals surface area contributed by atoms with Crippen molar-refractivity contribution in [1.82, 2.24) is 15.2 Å². The van der Waals surface area contributed by atoms with Crippen LogP contribution in [-0.2, 0) is 6.42 Å². The highest BCUT2D eigenvalue weighted by Gasteiger charge is 2.09. The number of hydrogen-bond donors (Lipinski definition) is 2. The first-order valence-electron chi connectivity index (χ1n) is 5.88. The number of aromatic amines is 1. The number of nitrogens with one attached hydrogen (secondary N) is 1. The van der Waals surface area contributed by atoms with Crippen molar-refractivity contribution in [3.8, 4) is 11.3 Å². The van der Waals surface area contributed by atoms with Crippen molar-refractivity contribution in [2.75, 3.05) is 6.54 Å². The maximum absolute atomic E-state index is 5.59. The van der Waals surface area contributed by atoms with Crippen LogP contribution in [0.25, 0.3) is 22.4 Å². The molecule has 0 fully saturated rings. The van der Waals surface area contributed by atoms with Gasteiger partial charge in [-0.3, -0.25) is 5.10 Å². The fraction of sp³-hybridized carbons (Fsp3) is 0.231. The lowest BCUT2D eigenvalue weighted by molar-refractivity contribution is 0.561. The van der Waals surface area contributed by atoms with Gasteiger partial charge in [-0.25, -0.2) is 4.98 Å². The van der Waals surface area contributed by atoms with Gasteiger partial charge in [0.15, 0.2) is 11.5 Å². The van der Waals surface area contributed by atoms with Gasteiger partial charge in [0.25, 0.3) is 0 Å². The van der Waals surface area contributed by atoms with Gasteiger partial charge in [-0.15, -0.1) is 0 Å². The van der Waals surface area contributed by atoms with Crippen LogP contribution in [0.4, 0.5) is 0 Å². The number of aryl methyl sites for hydroxylation is 1. The summed E-state index contributed by atoms with van der Waals surface area (Å²) in [4.78, 5) is 4.28. The minimum atomic E-state index is 0.607. The molecule has 3 N–H and O–H groups in total. The van der Waals surface area contributed by atoms with Gasteiger partial charge in [0, 0.05) is 12.5 Å². The smallest absolute Gasteiger partial charge is 0.192 e. The van der Waals surface area contributed by atoms with Crippen LogP contribution in [-0.4, -0.2) is 21.7 Å². The lowest BCUT2D eigenvalue weighted by Gasteiger charge is -2.01. The molecule has 2 heterocycles. The average molecular weight is 242 g/mol. The van der Waals surface area contributed by atoms with Gasteiger partial charge in [0.2, 0.25) is 0 Å². The highest BCUT2D eigenvalue weighted by atomic mass is 16.3. The molecule has 0 amide bonds. The fourth-order valence-electron chi connectivity index (χ4n) is 2.10. The summed E-state index contributed by atoms with van der Waals surface area (Å²) in [6.45, 7) is 2.45. The Morgan fingerprint density at radius 3 is 3.11 bits per heavy atom. The van der Waals surface area contributed by atoms with E-state index in [2.05, 4.69) is 15.2 Å². The fourth-order valence-corrected chi connectivity index (χ4v) is 2.10. The van der Waals surface area contributed by atoms with Crippen molar-refractivity contribution in [2.24, 2.45) is 5.73 Å². The van der Waals surface area contributed by atoms with E-state index in [0.717, 1.165) is 34.3 Å². The van der Waals surface area contributed by atoms with E-state index in [1.807, 2.05) is 31.3 Å². The van der Waals surface area contributed by atoms with Gasteiger partial charge in [-0.1, -0.05) is 6.07 Å². The van der Waals surface area contributed by atoms with E-state index >= 15 is 0 Å². The molecule has 92 valence electrons. The zero-order valence-corrected chi connectivity index (χ0v) is 10.1. The predicted octanol–water partition coefficient (Wildman–Crippen LogP) is 2.03. The second-order valence-corrected chi connectivity index (χ2v) is 4.22. The van der Waals surface area contributed by atoms with Gasteiger partial charge in [0.1, 0.15) is 5.52 Å². The molecule has 0 aliphatic rings. The van der Waals surface area contributed by atoms with E-state index in [1.165, 1.54) is 0 Å². The van der Waals surface area contributed by atoms with Crippen LogP contribution >= 0.6 is 0 Å². The summed E-state index contributed by atoms with van der Waals surface area (Å²) in [5, 5.41) is 7.09. The summed E-state index contributed by atoms with van der Waals surface area (Å²) >= 11 is 0. The number of nitrogens with two attached hydrogens (primary N) is 1. The molecule has 0 bridgehead atoms. The van der Waals surface area contributed by atoms with Crippen LogP contribution in [0.2, 0.25) is 0 Å². The molecule has 0 unspecified atom stereocenters. The summed E-state index contributed by atoms with van der Waals surface area (Å²) in [6.07, 6.45) is 2.62. The highest BCUT2D eigenvalue weighted by Crippen LogP contribution is 2.25. The van der Waals surface area contributed by atoms with Gasteiger partial charge in [-0.05, 0) is 30.7 Å². The first-order valence-corrected chi connectivity index (χ1v) is 5.88. The van der Waals surface area contributed by atoms with Crippen LogP contribution in [0.3, 0.4) is 0 Å². The molecule has 5 nitrogen and oxygen atoms in total. The standard InChI is InChI=1S/C13H14N4O/c1-8-16-11-3-2-9(6-12(11)18-8)13-10(4-5-14)7-15-17-13/h2-3,6-7H,4-5,14H2,1H3,(H,15,17). The van der Waals surface area contributed by atoms with Crippen molar-refractivity contribution in [2.45, 2.75) is 13.3 Å². The Hall–Kier alpha value is -2.14. The minimum Gasteiger partial charge on any atom is -0.441 e. The van der Waals surface area contributed by atoms with Gasteiger partial charge < -0.3 is 10.2 Å². The first-order chi connectivity index (χ1) is 8.78. The van der Waals surface area contributed by atoms with Gasteiger partial charge in [0.05, 0.1) is 11.9 Å². The quantitative estimate of drug-likeness (QED) is 0.736. The Morgan fingerprint density at radius 2 is 2.28 bits per heavy atom. The topological polar surface area (TPSA) is 80.7 Å². The van der Waals surface area contributed by atoms with E-state index < -0.39 is 0 Å². The summed E-state index contributed by atoms with van der Waals surface area (Å²) in [5.74, 6) is 0.675. The Bertz CT molecular complexity index is 683. The summed E-state index contributed by atoms with van der Waals surface area (Å²) in [5.41, 5.74) is 10.4. The minimum absolute atomic E-state index is 0.607. The van der Waals surface area contributed by atoms with Crippen molar-refractivity contribution < 1.29 is 4.42 Å². The molecule has 3 aromatic rings. The third-order valence-corrected chi connectivity index (χ3v) is 2.92. The number of fused-ring (bicyclic) bond motifs is 1. The molecule has 2 aromatic heterocycles. The zero-order chi connectivity index (χ0) is 12.5. The van der Waals surface area contributed by atoms with Crippen molar-refractivity contribution in [3.63, 3.8) is 0 Å². The molecule has 0 aliphatic heterocycles. The Morgan fingerprint density at radius 1 is 1.39 bits per heavy atom. The molecule has 0 atom stereocenters. The second kappa shape index (κ2) is 4.27. The zero-order valence-electron chi connectivity index (χ0n) is 10.1. The highest BCUT2D eigenvalue weighted by molar-refractivity contribution is 5.80. The SMILES string of the molecule is Cc1nc2ccc(-c3[nH]ncc3CCN)cc2o1. The third kappa shape index (κ3) is 1.78. The normalized spacial score (nSPS) is 11.2. The van der Waals surface area contributed by atoms with Crippen molar-refractivity contribution >= 4 is 11.1 Å². The van der Waals surface area contributed by atoms with Crippen LogP contribution < -0.4 is 5.73 Å². The second-order valence-electron chi connectivity index (χ2n) is 4.22. The van der Waals surface area contributed by atoms with E-state index in [1.54, 1.807) is 0 Å². The maximum atomic E-state index is 5.59. The van der Waals surface area contributed by atoms with Crippen LogP contribution in [0.1, 0.15) is 11.5 Å². The monoisotopic (exact) mass is 242 g/mol. The number of hydrogen-bond acceptors (Lipinski definition) is 4. The summed E-state index contributed by atoms with van der Waals surface area (Å²) in [7, 11) is 0. The van der Waals surface area contributed by atoms with Gasteiger partial charge in [-0.2, -0.15) is 5.10 Å². The summed E-state index contributed by atoms with van der Waals surface area (Å²) in [6, 6.07) is 5.94. The number of nitrogens with zero attached hydrogens (tertiary/aromatic N) is 2. The Balaban J connectivity index is 2.10. The van der Waals surface area contributed by atoms with Crippen molar-refractivity contribution in [1.29, 1.82) is 0 Å². The molecule has 0 radical (unpaired) electrons. The molecule has 0 spiro atoms. The number of rotatable bonds is 3. The molecule has 5 heteroatoms. The third-order valence-electron chi connectivity index (χ3n) is 2.92. The first kappa shape index (κ1) is 11.0. The molecule has 1 aromatic carbocycles. The number of aromatic nitrogens is 3. The molecule has 0 aliphatic carbocycles. The van der Waals surface area contributed by atoms with Crippen LogP contribution in [0.5, 0.6) is 0 Å². The Kier molecular flexibility index (Phi) is 2.60. The summed E-state index contributed by atoms with van der Waals surface area (Å²) < 4.78 is 5.54. The largest absolute Gasteiger partial charge is 0.441 e. The van der Waals surface area contributed by atoms with Gasteiger partial charge >= 0.3 is 0 Å². The lowest BCUT2D eigenvalue weighted by Crippen LogP contribution is -2.02. The molecule has 18 heavy (non-hydrogen) atoms. The van der Waals surface area contributed by atoms with Crippen molar-refractivity contribution in [3.05, 3.63) is 35.9 Å². The van der Waals surface area contributed by atoms with Crippen LogP contribution in [0, 0.1) is 6.92 Å². The number of H-pyrrole nitrogens is 1. The van der Waals surface area contributed by atoms with E-state index in [9.17, 15) is 0 Å². The number of benzene rings is 1. The predicted molar refractivity (Wildman–Crippen MR) is 69.1 cm³/mol. The molecule has 3 rings (SSSR count). The lowest BCUT2D eigenvalue weighted by atomic mass is 10.1. The van der Waals surface area contributed by atoms with E-state index in [0.29, 0.717) is 12.4 Å². The molecular formula is C13H14N4O. The Labute approximate surface area is 104 Å².